The lowest BCUT2D eigenvalue weighted by molar-refractivity contribution is 0.362. The normalized spacial score (nSPS) is 9.00. The lowest BCUT2D eigenvalue weighted by Crippen LogP contribution is -2.04. The molecule has 0 aromatic carbocycles. The molecule has 0 saturated carbocycles. The molecule has 0 aliphatic carbocycles. The van der Waals surface area contributed by atoms with Crippen molar-refractivity contribution in [3.8, 4) is 0 Å². The quantitative estimate of drug-likeness (QED) is 0.555. The zero-order valence-corrected chi connectivity index (χ0v) is 6.57. The van der Waals surface area contributed by atoms with E-state index in [0.717, 1.165) is 11.8 Å². The lowest BCUT2D eigenvalue weighted by Gasteiger charge is -2.15. The highest BCUT2D eigenvalue weighted by Gasteiger charge is 2.06. The molecule has 0 N–H and O–H groups in total. The molecule has 0 aromatic rings. The molecular formula is C10H26. The molecule has 0 saturated heterocycles. The fourth-order valence-electron chi connectivity index (χ4n) is 1.23. The minimum absolute atomic E-state index is 0. The first-order chi connectivity index (χ1) is 3.72. The summed E-state index contributed by atoms with van der Waals surface area (Å²) in [6.07, 6.45) is 2.68. The third-order valence-electron chi connectivity index (χ3n) is 1.99. The van der Waals surface area contributed by atoms with Crippen LogP contribution in [0, 0.1) is 11.8 Å². The van der Waals surface area contributed by atoms with Crippen LogP contribution in [-0.2, 0) is 0 Å². The van der Waals surface area contributed by atoms with Crippen LogP contribution in [0.5, 0.6) is 0 Å². The van der Waals surface area contributed by atoms with Crippen LogP contribution in [0.15, 0.2) is 0 Å². The second-order valence-electron chi connectivity index (χ2n) is 2.82. The van der Waals surface area contributed by atoms with E-state index in [-0.39, 0.29) is 14.9 Å². The molecule has 0 spiro atoms. The predicted molar refractivity (Wildman–Crippen MR) is 52.4 cm³/mol. The van der Waals surface area contributed by atoms with Gasteiger partial charge in [-0.3, -0.25) is 0 Å². The first-order valence-corrected chi connectivity index (χ1v) is 3.72. The molecule has 66 valence electrons. The van der Waals surface area contributed by atoms with Gasteiger partial charge in [0.15, 0.2) is 0 Å². The maximum Gasteiger partial charge on any atom is -0.0396 e. The Balaban J connectivity index is -0.000000245. The standard InChI is InChI=1S/C8H18.2CH4/c1-5-8(6-2)7(3)4;;/h7-8H,5-6H2,1-4H3;2*1H4. The molecule has 0 atom stereocenters. The fourth-order valence-corrected chi connectivity index (χ4v) is 1.23. The van der Waals surface area contributed by atoms with Gasteiger partial charge in [0.25, 0.3) is 0 Å². The van der Waals surface area contributed by atoms with Gasteiger partial charge >= 0.3 is 0 Å². The average molecular weight is 146 g/mol. The van der Waals surface area contributed by atoms with Crippen molar-refractivity contribution in [1.29, 1.82) is 0 Å². The maximum atomic E-state index is 2.30. The van der Waals surface area contributed by atoms with Crippen molar-refractivity contribution in [2.45, 2.75) is 55.4 Å². The molecular weight excluding hydrogens is 120 g/mol. The summed E-state index contributed by atoms with van der Waals surface area (Å²) in [4.78, 5) is 0. The molecule has 0 fully saturated rings. The Bertz CT molecular complexity index is 42.0. The van der Waals surface area contributed by atoms with E-state index in [0.29, 0.717) is 0 Å². The van der Waals surface area contributed by atoms with E-state index in [1.54, 1.807) is 0 Å². The van der Waals surface area contributed by atoms with Crippen LogP contribution in [0.4, 0.5) is 0 Å². The van der Waals surface area contributed by atoms with Crippen LogP contribution in [0.2, 0.25) is 0 Å². The molecule has 0 heteroatoms. The molecule has 10 heavy (non-hydrogen) atoms. The molecule has 0 aromatic heterocycles. The minimum atomic E-state index is 0. The van der Waals surface area contributed by atoms with Gasteiger partial charge in [0.1, 0.15) is 0 Å². The summed E-state index contributed by atoms with van der Waals surface area (Å²) in [5, 5.41) is 0. The van der Waals surface area contributed by atoms with Gasteiger partial charge in [-0.1, -0.05) is 55.4 Å². The zero-order valence-electron chi connectivity index (χ0n) is 6.57. The molecule has 0 aliphatic rings. The summed E-state index contributed by atoms with van der Waals surface area (Å²) in [6, 6.07) is 0. The number of hydrogen-bond acceptors (Lipinski definition) is 0. The molecule has 0 amide bonds. The van der Waals surface area contributed by atoms with E-state index in [2.05, 4.69) is 27.7 Å². The number of rotatable bonds is 3. The van der Waals surface area contributed by atoms with E-state index in [1.807, 2.05) is 0 Å². The van der Waals surface area contributed by atoms with Gasteiger partial charge in [-0.05, 0) is 11.8 Å². The molecule has 0 radical (unpaired) electrons. The molecule has 0 bridgehead atoms. The summed E-state index contributed by atoms with van der Waals surface area (Å²) in [5.41, 5.74) is 0. The first-order valence-electron chi connectivity index (χ1n) is 3.72. The highest BCUT2D eigenvalue weighted by Crippen LogP contribution is 2.17. The SMILES string of the molecule is C.C.CCC(CC)C(C)C. The smallest absolute Gasteiger partial charge is 0.0396 e. The van der Waals surface area contributed by atoms with E-state index in [4.69, 9.17) is 0 Å². The van der Waals surface area contributed by atoms with Crippen LogP contribution in [0.1, 0.15) is 55.4 Å². The second kappa shape index (κ2) is 9.00. The molecule has 0 nitrogen and oxygen atoms in total. The van der Waals surface area contributed by atoms with E-state index >= 15 is 0 Å². The van der Waals surface area contributed by atoms with Crippen molar-refractivity contribution in [2.24, 2.45) is 11.8 Å². The Labute approximate surface area is 68.0 Å². The van der Waals surface area contributed by atoms with Gasteiger partial charge in [0.2, 0.25) is 0 Å². The van der Waals surface area contributed by atoms with Crippen molar-refractivity contribution < 1.29 is 0 Å². The predicted octanol–water partition coefficient (Wildman–Crippen LogP) is 4.35. The Hall–Kier alpha value is 0. The molecule has 0 heterocycles. The monoisotopic (exact) mass is 146 g/mol. The largest absolute Gasteiger partial charge is 0.0776 e. The van der Waals surface area contributed by atoms with Gasteiger partial charge in [-0.25, -0.2) is 0 Å². The second-order valence-corrected chi connectivity index (χ2v) is 2.82. The summed E-state index contributed by atoms with van der Waals surface area (Å²) in [5.74, 6) is 1.83. The van der Waals surface area contributed by atoms with Crippen LogP contribution in [-0.4, -0.2) is 0 Å². The highest BCUT2D eigenvalue weighted by atomic mass is 14.1. The topological polar surface area (TPSA) is 0 Å². The maximum absolute atomic E-state index is 2.30. The minimum Gasteiger partial charge on any atom is -0.0776 e. The van der Waals surface area contributed by atoms with Crippen LogP contribution in [0.25, 0.3) is 0 Å². The lowest BCUT2D eigenvalue weighted by atomic mass is 9.91. The Morgan fingerprint density at radius 1 is 0.900 bits per heavy atom. The number of hydrogen-bond donors (Lipinski definition) is 0. The van der Waals surface area contributed by atoms with Gasteiger partial charge in [0, 0.05) is 0 Å². The molecule has 0 unspecified atom stereocenters. The molecule has 0 rings (SSSR count). The van der Waals surface area contributed by atoms with Crippen molar-refractivity contribution >= 4 is 0 Å². The van der Waals surface area contributed by atoms with Crippen LogP contribution in [0.3, 0.4) is 0 Å². The third-order valence-corrected chi connectivity index (χ3v) is 1.99. The Kier molecular flexibility index (Phi) is 14.9. The average Bonchev–Trinajstić information content (AvgIpc) is 1.69. The highest BCUT2D eigenvalue weighted by molar-refractivity contribution is 4.57. The van der Waals surface area contributed by atoms with Gasteiger partial charge in [-0.15, -0.1) is 0 Å². The van der Waals surface area contributed by atoms with Gasteiger partial charge in [0.05, 0.1) is 0 Å². The Morgan fingerprint density at radius 2 is 1.20 bits per heavy atom. The first kappa shape index (κ1) is 16.5. The zero-order chi connectivity index (χ0) is 6.57. The summed E-state index contributed by atoms with van der Waals surface area (Å²) >= 11 is 0. The Morgan fingerprint density at radius 3 is 1.20 bits per heavy atom. The van der Waals surface area contributed by atoms with Gasteiger partial charge < -0.3 is 0 Å². The fraction of sp³-hybridized carbons (Fsp3) is 1.00. The van der Waals surface area contributed by atoms with Gasteiger partial charge in [-0.2, -0.15) is 0 Å². The van der Waals surface area contributed by atoms with Crippen molar-refractivity contribution in [2.75, 3.05) is 0 Å². The van der Waals surface area contributed by atoms with Crippen LogP contribution < -0.4 is 0 Å². The van der Waals surface area contributed by atoms with Crippen molar-refractivity contribution in [3.05, 3.63) is 0 Å². The summed E-state index contributed by atoms with van der Waals surface area (Å²) in [7, 11) is 0. The van der Waals surface area contributed by atoms with E-state index in [1.165, 1.54) is 12.8 Å². The molecule has 0 aliphatic heterocycles. The van der Waals surface area contributed by atoms with E-state index < -0.39 is 0 Å². The van der Waals surface area contributed by atoms with Crippen LogP contribution >= 0.6 is 0 Å². The summed E-state index contributed by atoms with van der Waals surface area (Å²) < 4.78 is 0. The van der Waals surface area contributed by atoms with E-state index in [9.17, 15) is 0 Å². The third kappa shape index (κ3) is 6.12. The van der Waals surface area contributed by atoms with Crippen molar-refractivity contribution in [1.82, 2.24) is 0 Å². The van der Waals surface area contributed by atoms with Crippen molar-refractivity contribution in [3.63, 3.8) is 0 Å². The summed E-state index contributed by atoms with van der Waals surface area (Å²) in [6.45, 7) is 9.15.